The molecule has 1 rings (SSSR count). The summed E-state index contributed by atoms with van der Waals surface area (Å²) in [5.41, 5.74) is 0.938. The minimum absolute atomic E-state index is 0.644. The van der Waals surface area contributed by atoms with E-state index in [1.165, 1.54) is 0 Å². The van der Waals surface area contributed by atoms with E-state index in [1.54, 1.807) is 13.4 Å². The Hall–Kier alpha value is -1.07. The third kappa shape index (κ3) is 4.20. The number of hydrogen-bond donors (Lipinski definition) is 1. The summed E-state index contributed by atoms with van der Waals surface area (Å²) in [5.74, 6) is 0. The second kappa shape index (κ2) is 7.24. The van der Waals surface area contributed by atoms with Gasteiger partial charge < -0.3 is 19.4 Å². The molecular weight excluding hydrogens is 206 g/mol. The summed E-state index contributed by atoms with van der Waals surface area (Å²) in [6.07, 6.45) is 2.82. The van der Waals surface area contributed by atoms with Crippen molar-refractivity contribution in [1.29, 1.82) is 0 Å². The lowest BCUT2D eigenvalue weighted by molar-refractivity contribution is 0.205. The molecule has 0 amide bonds. The fourth-order valence-electron chi connectivity index (χ4n) is 1.27. The Morgan fingerprint density at radius 2 is 2.38 bits per heavy atom. The van der Waals surface area contributed by atoms with Crippen molar-refractivity contribution in [1.82, 2.24) is 10.3 Å². The summed E-state index contributed by atoms with van der Waals surface area (Å²) in [4.78, 5) is 6.31. The van der Waals surface area contributed by atoms with Crippen LogP contribution in [0.4, 0.5) is 6.01 Å². The lowest BCUT2D eigenvalue weighted by atomic mass is 10.4. The molecule has 0 aromatic carbocycles. The Labute approximate surface area is 96.8 Å². The zero-order valence-corrected chi connectivity index (χ0v) is 10.3. The molecule has 0 spiro atoms. The fourth-order valence-corrected chi connectivity index (χ4v) is 1.27. The first-order valence-electron chi connectivity index (χ1n) is 5.63. The quantitative estimate of drug-likeness (QED) is 0.677. The molecule has 16 heavy (non-hydrogen) atoms. The van der Waals surface area contributed by atoms with Gasteiger partial charge in [0.2, 0.25) is 0 Å². The normalized spacial score (nSPS) is 10.7. The van der Waals surface area contributed by atoms with Crippen LogP contribution in [-0.2, 0) is 11.3 Å². The third-order valence-corrected chi connectivity index (χ3v) is 2.23. The lowest BCUT2D eigenvalue weighted by Gasteiger charge is -2.12. The zero-order chi connectivity index (χ0) is 11.8. The Bertz CT molecular complexity index is 289. The van der Waals surface area contributed by atoms with Gasteiger partial charge in [-0.05, 0) is 13.0 Å². The number of likely N-dealkylation sites (N-methyl/N-ethyl adjacent to an activating group) is 1. The van der Waals surface area contributed by atoms with E-state index in [9.17, 15) is 0 Å². The van der Waals surface area contributed by atoms with Crippen molar-refractivity contribution in [2.45, 2.75) is 19.9 Å². The highest BCUT2D eigenvalue weighted by molar-refractivity contribution is 5.24. The minimum Gasteiger partial charge on any atom is -0.432 e. The first kappa shape index (κ1) is 13.0. The molecule has 0 bridgehead atoms. The molecule has 0 saturated carbocycles. The number of oxazole rings is 1. The van der Waals surface area contributed by atoms with Crippen LogP contribution in [0.3, 0.4) is 0 Å². The van der Waals surface area contributed by atoms with E-state index in [1.807, 2.05) is 11.9 Å². The maximum Gasteiger partial charge on any atom is 0.297 e. The average molecular weight is 227 g/mol. The van der Waals surface area contributed by atoms with Gasteiger partial charge >= 0.3 is 0 Å². The van der Waals surface area contributed by atoms with Crippen LogP contribution >= 0.6 is 0 Å². The topological polar surface area (TPSA) is 50.5 Å². The maximum atomic E-state index is 5.37. The summed E-state index contributed by atoms with van der Waals surface area (Å²) in [6, 6.07) is 0.644. The molecule has 1 heterocycles. The molecule has 92 valence electrons. The van der Waals surface area contributed by atoms with E-state index in [0.29, 0.717) is 12.6 Å². The predicted octanol–water partition coefficient (Wildman–Crippen LogP) is 1.26. The molecule has 0 atom stereocenters. The van der Waals surface area contributed by atoms with Gasteiger partial charge in [-0.3, -0.25) is 0 Å². The average Bonchev–Trinajstić information content (AvgIpc) is 2.75. The van der Waals surface area contributed by atoms with E-state index in [4.69, 9.17) is 9.15 Å². The number of anilines is 1. The van der Waals surface area contributed by atoms with Crippen molar-refractivity contribution in [3.8, 4) is 0 Å². The molecule has 0 aliphatic heterocycles. The molecule has 5 heteroatoms. The van der Waals surface area contributed by atoms with Gasteiger partial charge in [-0.2, -0.15) is 4.98 Å². The van der Waals surface area contributed by atoms with Gasteiger partial charge in [0.1, 0.15) is 6.26 Å². The number of hydrogen-bond acceptors (Lipinski definition) is 5. The predicted molar refractivity (Wildman–Crippen MR) is 63.6 cm³/mol. The molecular formula is C11H21N3O2. The summed E-state index contributed by atoms with van der Waals surface area (Å²) in [7, 11) is 3.62. The minimum atomic E-state index is 0.644. The number of aromatic nitrogens is 1. The van der Waals surface area contributed by atoms with E-state index in [0.717, 1.165) is 31.7 Å². The third-order valence-electron chi connectivity index (χ3n) is 2.23. The molecule has 1 aromatic heterocycles. The summed E-state index contributed by atoms with van der Waals surface area (Å²) >= 11 is 0. The van der Waals surface area contributed by atoms with Crippen LogP contribution in [0.25, 0.3) is 0 Å². The summed E-state index contributed by atoms with van der Waals surface area (Å²) in [6.45, 7) is 5.35. The number of ether oxygens (including phenoxy) is 1. The van der Waals surface area contributed by atoms with Crippen LogP contribution in [-0.4, -0.2) is 38.8 Å². The summed E-state index contributed by atoms with van der Waals surface area (Å²) in [5, 5.41) is 3.28. The van der Waals surface area contributed by atoms with E-state index in [2.05, 4.69) is 17.2 Å². The highest BCUT2D eigenvalue weighted by atomic mass is 16.5. The Morgan fingerprint density at radius 3 is 3.06 bits per heavy atom. The number of rotatable bonds is 8. The van der Waals surface area contributed by atoms with Crippen LogP contribution in [0.15, 0.2) is 10.7 Å². The van der Waals surface area contributed by atoms with Crippen molar-refractivity contribution in [3.05, 3.63) is 12.0 Å². The molecule has 0 unspecified atom stereocenters. The largest absolute Gasteiger partial charge is 0.432 e. The van der Waals surface area contributed by atoms with Crippen molar-refractivity contribution >= 4 is 6.01 Å². The lowest BCUT2D eigenvalue weighted by Crippen LogP contribution is -2.22. The van der Waals surface area contributed by atoms with Gasteiger partial charge in [0.15, 0.2) is 0 Å². The number of methoxy groups -OCH3 is 1. The van der Waals surface area contributed by atoms with E-state index < -0.39 is 0 Å². The highest BCUT2D eigenvalue weighted by Gasteiger charge is 2.08. The van der Waals surface area contributed by atoms with Gasteiger partial charge in [-0.15, -0.1) is 0 Å². The van der Waals surface area contributed by atoms with Gasteiger partial charge in [-0.1, -0.05) is 6.92 Å². The fraction of sp³-hybridized carbons (Fsp3) is 0.727. The molecule has 0 saturated heterocycles. The first-order chi connectivity index (χ1) is 7.77. The van der Waals surface area contributed by atoms with Gasteiger partial charge in [0, 0.05) is 27.2 Å². The number of nitrogens with zero attached hydrogens (tertiary/aromatic N) is 2. The van der Waals surface area contributed by atoms with Crippen LogP contribution in [0.2, 0.25) is 0 Å². The molecule has 5 nitrogen and oxygen atoms in total. The van der Waals surface area contributed by atoms with E-state index >= 15 is 0 Å². The Kier molecular flexibility index (Phi) is 5.88. The van der Waals surface area contributed by atoms with Gasteiger partial charge in [-0.25, -0.2) is 0 Å². The van der Waals surface area contributed by atoms with Crippen LogP contribution < -0.4 is 10.2 Å². The SMILES string of the molecule is CCCNCc1coc(N(C)CCOC)n1. The molecule has 0 radical (unpaired) electrons. The first-order valence-corrected chi connectivity index (χ1v) is 5.63. The second-order valence-corrected chi connectivity index (χ2v) is 3.71. The molecule has 1 N–H and O–H groups in total. The molecule has 1 aromatic rings. The highest BCUT2D eigenvalue weighted by Crippen LogP contribution is 2.11. The smallest absolute Gasteiger partial charge is 0.297 e. The Balaban J connectivity index is 2.37. The second-order valence-electron chi connectivity index (χ2n) is 3.71. The van der Waals surface area contributed by atoms with Crippen LogP contribution in [0.5, 0.6) is 0 Å². The number of nitrogens with one attached hydrogen (secondary N) is 1. The van der Waals surface area contributed by atoms with Crippen LogP contribution in [0, 0.1) is 0 Å². The molecule has 0 fully saturated rings. The molecule has 0 aliphatic rings. The van der Waals surface area contributed by atoms with Crippen molar-refractivity contribution in [2.75, 3.05) is 38.8 Å². The zero-order valence-electron chi connectivity index (χ0n) is 10.3. The van der Waals surface area contributed by atoms with Crippen LogP contribution in [0.1, 0.15) is 19.0 Å². The maximum absolute atomic E-state index is 5.37. The Morgan fingerprint density at radius 1 is 1.56 bits per heavy atom. The standard InChI is InChI=1S/C11H21N3O2/c1-4-5-12-8-10-9-16-11(13-10)14(2)6-7-15-3/h9,12H,4-8H2,1-3H3. The summed E-state index contributed by atoms with van der Waals surface area (Å²) < 4.78 is 10.4. The van der Waals surface area contributed by atoms with Crippen molar-refractivity contribution in [2.24, 2.45) is 0 Å². The van der Waals surface area contributed by atoms with Crippen molar-refractivity contribution < 1.29 is 9.15 Å². The van der Waals surface area contributed by atoms with Gasteiger partial charge in [0.05, 0.1) is 12.3 Å². The van der Waals surface area contributed by atoms with E-state index in [-0.39, 0.29) is 0 Å². The van der Waals surface area contributed by atoms with Crippen molar-refractivity contribution in [3.63, 3.8) is 0 Å². The monoisotopic (exact) mass is 227 g/mol. The molecule has 0 aliphatic carbocycles. The van der Waals surface area contributed by atoms with Gasteiger partial charge in [0.25, 0.3) is 6.01 Å².